The Labute approximate surface area is 197 Å². The van der Waals surface area contributed by atoms with Crippen LogP contribution in [-0.2, 0) is 0 Å². The molecule has 162 valence electrons. The van der Waals surface area contributed by atoms with Gasteiger partial charge >= 0.3 is 0 Å². The van der Waals surface area contributed by atoms with E-state index < -0.39 is 0 Å². The van der Waals surface area contributed by atoms with Crippen LogP contribution in [0.4, 0.5) is 5.69 Å². The first-order valence-corrected chi connectivity index (χ1v) is 12.1. The van der Waals surface area contributed by atoms with Gasteiger partial charge in [0.05, 0.1) is 11.8 Å². The molecule has 3 aromatic rings. The van der Waals surface area contributed by atoms with Gasteiger partial charge in [-0.15, -0.1) is 11.8 Å². The number of fused-ring (bicyclic) bond motifs is 1. The lowest BCUT2D eigenvalue weighted by Crippen LogP contribution is -2.31. The first-order valence-electron chi connectivity index (χ1n) is 10.5. The number of hydrogen-bond acceptors (Lipinski definition) is 5. The van der Waals surface area contributed by atoms with Gasteiger partial charge < -0.3 is 14.8 Å². The van der Waals surface area contributed by atoms with Crippen LogP contribution < -0.4 is 14.8 Å². The highest BCUT2D eigenvalue weighted by Crippen LogP contribution is 2.38. The molecule has 1 N–H and O–H groups in total. The lowest BCUT2D eigenvalue weighted by molar-refractivity contribution is 0.171. The fourth-order valence-electron chi connectivity index (χ4n) is 3.88. The third-order valence-electron chi connectivity index (χ3n) is 5.52. The summed E-state index contributed by atoms with van der Waals surface area (Å²) in [6.07, 6.45) is 2.82. The van der Waals surface area contributed by atoms with Crippen molar-refractivity contribution in [2.24, 2.45) is 5.10 Å². The Kier molecular flexibility index (Phi) is 6.01. The van der Waals surface area contributed by atoms with Crippen molar-refractivity contribution in [2.75, 3.05) is 24.8 Å². The Hall–Kier alpha value is -3.03. The molecule has 0 fully saturated rings. The number of ether oxygens (including phenoxy) is 2. The van der Waals surface area contributed by atoms with Gasteiger partial charge in [-0.1, -0.05) is 36.4 Å². The van der Waals surface area contributed by atoms with Crippen LogP contribution in [0.5, 0.6) is 11.5 Å². The Bertz CT molecular complexity index is 1150. The fraction of sp³-hybridized carbons (Fsp3) is 0.200. The number of thioether (sulfide) groups is 1. The van der Waals surface area contributed by atoms with E-state index in [0.717, 1.165) is 40.4 Å². The molecule has 5 nitrogen and oxygen atoms in total. The fourth-order valence-corrected chi connectivity index (χ4v) is 4.58. The normalized spacial score (nSPS) is 17.1. The van der Waals surface area contributed by atoms with E-state index in [4.69, 9.17) is 26.8 Å². The van der Waals surface area contributed by atoms with E-state index in [0.29, 0.717) is 18.3 Å². The van der Waals surface area contributed by atoms with Gasteiger partial charge in [0.1, 0.15) is 13.2 Å². The number of benzene rings is 3. The van der Waals surface area contributed by atoms with Crippen LogP contribution in [0.3, 0.4) is 0 Å². The standard InChI is InChI=1S/C25H23N3O2S2/c1-32-20-10-7-17(8-11-20)21-16-22(18-9-12-23-24(15-18)30-14-13-29-23)28(27-21)25(31)26-19-5-3-2-4-6-19/h2-12,15,22H,13-14,16H2,1H3,(H,26,31). The summed E-state index contributed by atoms with van der Waals surface area (Å²) >= 11 is 7.52. The van der Waals surface area contributed by atoms with Gasteiger partial charge in [-0.05, 0) is 66.0 Å². The van der Waals surface area contributed by atoms with Gasteiger partial charge in [0.15, 0.2) is 16.6 Å². The Balaban J connectivity index is 1.47. The van der Waals surface area contributed by atoms with Gasteiger partial charge in [-0.2, -0.15) is 5.10 Å². The Morgan fingerprint density at radius 3 is 2.50 bits per heavy atom. The molecule has 0 amide bonds. The molecule has 0 spiro atoms. The summed E-state index contributed by atoms with van der Waals surface area (Å²) in [5.41, 5.74) is 4.14. The molecule has 2 aliphatic heterocycles. The highest BCUT2D eigenvalue weighted by atomic mass is 32.2. The van der Waals surface area contributed by atoms with Crippen molar-refractivity contribution in [3.05, 3.63) is 83.9 Å². The highest BCUT2D eigenvalue weighted by Gasteiger charge is 2.32. The maximum Gasteiger partial charge on any atom is 0.194 e. The molecule has 2 aliphatic rings. The minimum absolute atomic E-state index is 0.0373. The third kappa shape index (κ3) is 4.31. The predicted octanol–water partition coefficient (Wildman–Crippen LogP) is 5.73. The third-order valence-corrected chi connectivity index (χ3v) is 6.55. The summed E-state index contributed by atoms with van der Waals surface area (Å²) in [6.45, 7) is 1.13. The largest absolute Gasteiger partial charge is 0.486 e. The van der Waals surface area contributed by atoms with Crippen LogP contribution in [0, 0.1) is 0 Å². The molecule has 0 radical (unpaired) electrons. The number of nitrogens with zero attached hydrogens (tertiary/aromatic N) is 2. The molecular formula is C25H23N3O2S2. The molecule has 1 atom stereocenters. The van der Waals surface area contributed by atoms with Crippen molar-refractivity contribution in [3.8, 4) is 11.5 Å². The van der Waals surface area contributed by atoms with Gasteiger partial charge in [-0.3, -0.25) is 0 Å². The van der Waals surface area contributed by atoms with Crippen LogP contribution in [-0.4, -0.2) is 35.3 Å². The van der Waals surface area contributed by atoms with Crippen molar-refractivity contribution in [1.82, 2.24) is 5.01 Å². The summed E-state index contributed by atoms with van der Waals surface area (Å²) in [5, 5.41) is 10.7. The van der Waals surface area contributed by atoms with Gasteiger partial charge in [0, 0.05) is 17.0 Å². The zero-order valence-corrected chi connectivity index (χ0v) is 19.3. The van der Waals surface area contributed by atoms with Crippen LogP contribution in [0.2, 0.25) is 0 Å². The number of hydrogen-bond donors (Lipinski definition) is 1. The van der Waals surface area contributed by atoms with Crippen molar-refractivity contribution in [2.45, 2.75) is 17.4 Å². The summed E-state index contributed by atoms with van der Waals surface area (Å²) in [6, 6.07) is 24.5. The predicted molar refractivity (Wildman–Crippen MR) is 134 cm³/mol. The first kappa shape index (κ1) is 20.8. The minimum atomic E-state index is -0.0373. The number of thiocarbonyl (C=S) groups is 1. The van der Waals surface area contributed by atoms with Gasteiger partial charge in [-0.25, -0.2) is 5.01 Å². The molecule has 5 rings (SSSR count). The molecule has 2 heterocycles. The SMILES string of the molecule is CSc1ccc(C2=NN(C(=S)Nc3ccccc3)C(c3ccc4c(c3)OCCO4)C2)cc1. The second-order valence-corrected chi connectivity index (χ2v) is 8.81. The van der Waals surface area contributed by atoms with E-state index in [2.05, 4.69) is 41.9 Å². The quantitative estimate of drug-likeness (QED) is 0.396. The molecule has 0 bridgehead atoms. The summed E-state index contributed by atoms with van der Waals surface area (Å²) < 4.78 is 11.5. The summed E-state index contributed by atoms with van der Waals surface area (Å²) in [4.78, 5) is 1.23. The summed E-state index contributed by atoms with van der Waals surface area (Å²) in [7, 11) is 0. The maximum absolute atomic E-state index is 5.82. The van der Waals surface area contributed by atoms with E-state index in [1.165, 1.54) is 4.90 Å². The van der Waals surface area contributed by atoms with Gasteiger partial charge in [0.2, 0.25) is 0 Å². The maximum atomic E-state index is 5.82. The van der Waals surface area contributed by atoms with Crippen molar-refractivity contribution in [1.29, 1.82) is 0 Å². The van der Waals surface area contributed by atoms with E-state index in [1.54, 1.807) is 11.8 Å². The van der Waals surface area contributed by atoms with E-state index in [-0.39, 0.29) is 6.04 Å². The van der Waals surface area contributed by atoms with E-state index in [9.17, 15) is 0 Å². The molecule has 7 heteroatoms. The monoisotopic (exact) mass is 461 g/mol. The first-order chi connectivity index (χ1) is 15.7. The average molecular weight is 462 g/mol. The molecule has 0 saturated carbocycles. The topological polar surface area (TPSA) is 46.1 Å². The average Bonchev–Trinajstić information content (AvgIpc) is 3.30. The Morgan fingerprint density at radius 2 is 1.75 bits per heavy atom. The molecule has 0 aliphatic carbocycles. The van der Waals surface area contributed by atoms with Crippen LogP contribution >= 0.6 is 24.0 Å². The van der Waals surface area contributed by atoms with Crippen molar-refractivity contribution in [3.63, 3.8) is 0 Å². The number of rotatable bonds is 4. The second-order valence-electron chi connectivity index (χ2n) is 7.54. The van der Waals surface area contributed by atoms with Gasteiger partial charge in [0.25, 0.3) is 0 Å². The lowest BCUT2D eigenvalue weighted by atomic mass is 9.98. The van der Waals surface area contributed by atoms with E-state index in [1.807, 2.05) is 47.5 Å². The van der Waals surface area contributed by atoms with E-state index >= 15 is 0 Å². The van der Waals surface area contributed by atoms with Crippen LogP contribution in [0.1, 0.15) is 23.6 Å². The molecule has 0 aromatic heterocycles. The zero-order chi connectivity index (χ0) is 21.9. The molecule has 1 unspecified atom stereocenters. The summed E-state index contributed by atoms with van der Waals surface area (Å²) in [5.74, 6) is 1.55. The zero-order valence-electron chi connectivity index (χ0n) is 17.7. The number of para-hydroxylation sites is 1. The highest BCUT2D eigenvalue weighted by molar-refractivity contribution is 7.98. The smallest absolute Gasteiger partial charge is 0.194 e. The lowest BCUT2D eigenvalue weighted by Gasteiger charge is -2.26. The minimum Gasteiger partial charge on any atom is -0.486 e. The molecule has 32 heavy (non-hydrogen) atoms. The van der Waals surface area contributed by atoms with Crippen molar-refractivity contribution >= 4 is 40.5 Å². The van der Waals surface area contributed by atoms with Crippen LogP contribution in [0.25, 0.3) is 0 Å². The molecule has 0 saturated heterocycles. The number of hydrazone groups is 1. The van der Waals surface area contributed by atoms with Crippen LogP contribution in [0.15, 0.2) is 82.8 Å². The van der Waals surface area contributed by atoms with Crippen molar-refractivity contribution < 1.29 is 9.47 Å². The second kappa shape index (κ2) is 9.22. The molecular weight excluding hydrogens is 438 g/mol. The number of nitrogens with one attached hydrogen (secondary N) is 1. The number of anilines is 1. The Morgan fingerprint density at radius 1 is 1.00 bits per heavy atom. The molecule has 3 aromatic carbocycles.